The van der Waals surface area contributed by atoms with Crippen molar-refractivity contribution in [2.75, 3.05) is 11.9 Å². The molecule has 1 amide bonds. The molecule has 0 radical (unpaired) electrons. The Labute approximate surface area is 158 Å². The van der Waals surface area contributed by atoms with E-state index in [1.54, 1.807) is 12.5 Å². The Morgan fingerprint density at radius 1 is 1.15 bits per heavy atom. The van der Waals surface area contributed by atoms with Gasteiger partial charge >= 0.3 is 0 Å². The van der Waals surface area contributed by atoms with Gasteiger partial charge in [0, 0.05) is 42.7 Å². The van der Waals surface area contributed by atoms with Crippen LogP contribution in [0.2, 0.25) is 0 Å². The van der Waals surface area contributed by atoms with Crippen LogP contribution in [0.3, 0.4) is 0 Å². The number of rotatable bonds is 8. The molecular formula is C20H24N6O. The van der Waals surface area contributed by atoms with Crippen molar-refractivity contribution >= 4 is 11.9 Å². The zero-order valence-electron chi connectivity index (χ0n) is 15.6. The quantitative estimate of drug-likeness (QED) is 0.569. The molecule has 1 atom stereocenters. The number of H-pyrrole nitrogens is 1. The first-order valence-electron chi connectivity index (χ1n) is 8.98. The summed E-state index contributed by atoms with van der Waals surface area (Å²) >= 11 is 0. The summed E-state index contributed by atoms with van der Waals surface area (Å²) in [5.41, 5.74) is 3.79. The number of anilines is 1. The molecule has 0 aliphatic heterocycles. The lowest BCUT2D eigenvalue weighted by Gasteiger charge is -2.19. The largest absolute Gasteiger partial charge is 0.354 e. The number of carbonyl (C=O) groups is 1. The lowest BCUT2D eigenvalue weighted by molar-refractivity contribution is -0.121. The van der Waals surface area contributed by atoms with Crippen LogP contribution in [0.4, 0.5) is 5.95 Å². The van der Waals surface area contributed by atoms with E-state index in [-0.39, 0.29) is 5.91 Å². The van der Waals surface area contributed by atoms with Gasteiger partial charge in [-0.1, -0.05) is 30.3 Å². The van der Waals surface area contributed by atoms with Crippen molar-refractivity contribution < 1.29 is 4.79 Å². The summed E-state index contributed by atoms with van der Waals surface area (Å²) in [5, 5.41) is 6.18. The number of amides is 1. The lowest BCUT2D eigenvalue weighted by atomic mass is 10.1. The minimum Gasteiger partial charge on any atom is -0.354 e. The Bertz CT molecular complexity index is 843. The van der Waals surface area contributed by atoms with Gasteiger partial charge in [-0.3, -0.25) is 4.79 Å². The normalized spacial score (nSPS) is 11.8. The number of imidazole rings is 1. The van der Waals surface area contributed by atoms with Crippen LogP contribution in [0.1, 0.15) is 22.6 Å². The van der Waals surface area contributed by atoms with E-state index in [1.807, 2.05) is 50.2 Å². The molecule has 0 bridgehead atoms. The minimum absolute atomic E-state index is 0.0823. The van der Waals surface area contributed by atoms with Crippen molar-refractivity contribution in [3.63, 3.8) is 0 Å². The lowest BCUT2D eigenvalue weighted by Crippen LogP contribution is -2.42. The molecule has 3 rings (SSSR count). The van der Waals surface area contributed by atoms with Gasteiger partial charge < -0.3 is 15.6 Å². The predicted molar refractivity (Wildman–Crippen MR) is 104 cm³/mol. The van der Waals surface area contributed by atoms with Crippen LogP contribution in [0, 0.1) is 13.8 Å². The maximum Gasteiger partial charge on any atom is 0.242 e. The Morgan fingerprint density at radius 3 is 2.56 bits per heavy atom. The Kier molecular flexibility index (Phi) is 6.14. The van der Waals surface area contributed by atoms with Crippen LogP contribution < -0.4 is 10.6 Å². The van der Waals surface area contributed by atoms with E-state index < -0.39 is 6.04 Å². The number of benzene rings is 1. The molecule has 7 heteroatoms. The van der Waals surface area contributed by atoms with E-state index in [2.05, 4.69) is 30.6 Å². The van der Waals surface area contributed by atoms with E-state index in [1.165, 1.54) is 0 Å². The van der Waals surface area contributed by atoms with Gasteiger partial charge in [-0.25, -0.2) is 15.0 Å². The molecule has 0 saturated carbocycles. The monoisotopic (exact) mass is 364 g/mol. The van der Waals surface area contributed by atoms with E-state index in [4.69, 9.17) is 0 Å². The van der Waals surface area contributed by atoms with Crippen molar-refractivity contribution in [3.8, 4) is 0 Å². The average molecular weight is 364 g/mol. The SMILES string of the molecule is Cc1cc(C)nc(NC(Cc2ccccc2)C(=O)NCCc2cnc[nH]2)n1. The van der Waals surface area contributed by atoms with Crippen molar-refractivity contribution in [3.05, 3.63) is 71.6 Å². The van der Waals surface area contributed by atoms with E-state index in [9.17, 15) is 4.79 Å². The molecule has 1 unspecified atom stereocenters. The van der Waals surface area contributed by atoms with Gasteiger partial charge in [0.25, 0.3) is 0 Å². The number of aryl methyl sites for hydroxylation is 2. The highest BCUT2D eigenvalue weighted by Crippen LogP contribution is 2.10. The fourth-order valence-corrected chi connectivity index (χ4v) is 2.87. The smallest absolute Gasteiger partial charge is 0.242 e. The molecule has 27 heavy (non-hydrogen) atoms. The Hall–Kier alpha value is -3.22. The number of hydrogen-bond acceptors (Lipinski definition) is 5. The van der Waals surface area contributed by atoms with Gasteiger partial charge in [0.05, 0.1) is 6.33 Å². The second-order valence-electron chi connectivity index (χ2n) is 6.48. The summed E-state index contributed by atoms with van der Waals surface area (Å²) in [6.07, 6.45) is 4.64. The van der Waals surface area contributed by atoms with Crippen LogP contribution in [0.15, 0.2) is 48.9 Å². The van der Waals surface area contributed by atoms with Crippen molar-refractivity contribution in [1.29, 1.82) is 0 Å². The van der Waals surface area contributed by atoms with Crippen molar-refractivity contribution in [2.45, 2.75) is 32.7 Å². The van der Waals surface area contributed by atoms with Crippen LogP contribution in [0.25, 0.3) is 0 Å². The predicted octanol–water partition coefficient (Wildman–Crippen LogP) is 2.20. The number of hydrogen-bond donors (Lipinski definition) is 3. The topological polar surface area (TPSA) is 95.6 Å². The van der Waals surface area contributed by atoms with Crippen LogP contribution in [-0.4, -0.2) is 38.4 Å². The molecule has 3 N–H and O–H groups in total. The summed E-state index contributed by atoms with van der Waals surface area (Å²) in [6.45, 7) is 4.36. The minimum atomic E-state index is -0.463. The third kappa shape index (κ3) is 5.64. The molecule has 2 heterocycles. The molecular weight excluding hydrogens is 340 g/mol. The van der Waals surface area contributed by atoms with Crippen LogP contribution in [-0.2, 0) is 17.6 Å². The third-order valence-electron chi connectivity index (χ3n) is 4.13. The molecule has 0 spiro atoms. The van der Waals surface area contributed by atoms with Crippen molar-refractivity contribution in [2.24, 2.45) is 0 Å². The molecule has 2 aromatic heterocycles. The summed E-state index contributed by atoms with van der Waals surface area (Å²) in [4.78, 5) is 28.6. The van der Waals surface area contributed by atoms with E-state index >= 15 is 0 Å². The number of aromatic amines is 1. The highest BCUT2D eigenvalue weighted by molar-refractivity contribution is 5.84. The number of nitrogens with one attached hydrogen (secondary N) is 3. The molecule has 140 valence electrons. The third-order valence-corrected chi connectivity index (χ3v) is 4.13. The summed E-state index contributed by atoms with van der Waals surface area (Å²) in [6, 6.07) is 11.4. The Balaban J connectivity index is 1.68. The van der Waals surface area contributed by atoms with Gasteiger partial charge in [-0.05, 0) is 25.5 Å². The summed E-state index contributed by atoms with van der Waals surface area (Å²) < 4.78 is 0. The molecule has 0 aliphatic rings. The Morgan fingerprint density at radius 2 is 1.89 bits per heavy atom. The van der Waals surface area contributed by atoms with Gasteiger partial charge in [-0.15, -0.1) is 0 Å². The van der Waals surface area contributed by atoms with Crippen LogP contribution >= 0.6 is 0 Å². The second kappa shape index (κ2) is 8.93. The summed E-state index contributed by atoms with van der Waals surface area (Å²) in [5.74, 6) is 0.387. The van der Waals surface area contributed by atoms with E-state index in [0.29, 0.717) is 25.3 Å². The number of aromatic nitrogens is 4. The zero-order valence-corrected chi connectivity index (χ0v) is 15.6. The zero-order chi connectivity index (χ0) is 19.1. The first-order valence-corrected chi connectivity index (χ1v) is 8.98. The van der Waals surface area contributed by atoms with Crippen molar-refractivity contribution in [1.82, 2.24) is 25.3 Å². The maximum absolute atomic E-state index is 12.8. The van der Waals surface area contributed by atoms with Gasteiger partial charge in [-0.2, -0.15) is 0 Å². The molecule has 1 aromatic carbocycles. The fraction of sp³-hybridized carbons (Fsp3) is 0.300. The number of nitrogens with zero attached hydrogens (tertiary/aromatic N) is 3. The summed E-state index contributed by atoms with van der Waals surface area (Å²) in [7, 11) is 0. The number of carbonyl (C=O) groups excluding carboxylic acids is 1. The molecule has 0 saturated heterocycles. The molecule has 7 nitrogen and oxygen atoms in total. The first-order chi connectivity index (χ1) is 13.1. The maximum atomic E-state index is 12.8. The van der Waals surface area contributed by atoms with Gasteiger partial charge in [0.15, 0.2) is 0 Å². The van der Waals surface area contributed by atoms with Gasteiger partial charge in [0.2, 0.25) is 11.9 Å². The molecule has 0 aliphatic carbocycles. The standard InChI is InChI=1S/C20H24N6O/c1-14-10-15(2)25-20(24-14)26-18(11-16-6-4-3-5-7-16)19(27)22-9-8-17-12-21-13-23-17/h3-7,10,12-13,18H,8-9,11H2,1-2H3,(H,21,23)(H,22,27)(H,24,25,26). The van der Waals surface area contributed by atoms with Gasteiger partial charge in [0.1, 0.15) is 6.04 Å². The molecule has 3 aromatic rings. The highest BCUT2D eigenvalue weighted by atomic mass is 16.2. The highest BCUT2D eigenvalue weighted by Gasteiger charge is 2.20. The second-order valence-corrected chi connectivity index (χ2v) is 6.48. The molecule has 0 fully saturated rings. The first kappa shape index (κ1) is 18.6. The van der Waals surface area contributed by atoms with Crippen LogP contribution in [0.5, 0.6) is 0 Å². The fourth-order valence-electron chi connectivity index (χ4n) is 2.87. The average Bonchev–Trinajstić information content (AvgIpc) is 3.14. The van der Waals surface area contributed by atoms with E-state index in [0.717, 1.165) is 22.6 Å².